The number of nitrogens with zero attached hydrogens (tertiary/aromatic N) is 5. The number of methoxy groups -OCH3 is 1. The van der Waals surface area contributed by atoms with Crippen molar-refractivity contribution in [3.05, 3.63) is 69.7 Å². The fraction of sp³-hybridized carbons (Fsp3) is 0.378. The van der Waals surface area contributed by atoms with Crippen molar-refractivity contribution in [3.63, 3.8) is 0 Å². The standard InChI is InChI=1S/C37H40Cl2N10O10/c1-20(56-2)32-25(19-42-28-17-27(39)47-49(28)32)45-37(55)44-24-16-21(38)18-43-34(24)59-13-10-41-29(50)8-11-57-14-15-58-12-9-40-23-5-3-4-22-31(23)36(54)48(35(22)53)26-6-7-30(51)46-33(26)52/h3-5,16-20,26,40H,6-15H2,1-2H3,(H,41,50)(H2,44,45,55)(H,46,51,52)/t20-,26?/m0/s1. The van der Waals surface area contributed by atoms with Gasteiger partial charge in [0.05, 0.1) is 72.8 Å². The molecule has 20 nitrogen and oxygen atoms in total. The summed E-state index contributed by atoms with van der Waals surface area (Å²) in [6.07, 6.45) is 2.53. The molecule has 4 aromatic rings. The second-order valence-corrected chi connectivity index (χ2v) is 13.9. The third kappa shape index (κ3) is 10.4. The van der Waals surface area contributed by atoms with Gasteiger partial charge in [-0.2, -0.15) is 5.10 Å². The van der Waals surface area contributed by atoms with Crippen molar-refractivity contribution in [2.45, 2.75) is 38.3 Å². The fourth-order valence-corrected chi connectivity index (χ4v) is 6.59. The molecule has 312 valence electrons. The topological polar surface area (TPSA) is 246 Å². The largest absolute Gasteiger partial charge is 0.474 e. The number of benzene rings is 1. The van der Waals surface area contributed by atoms with E-state index in [0.717, 1.165) is 4.90 Å². The van der Waals surface area contributed by atoms with Crippen molar-refractivity contribution < 1.29 is 47.7 Å². The number of aromatic nitrogens is 4. The lowest BCUT2D eigenvalue weighted by atomic mass is 10.0. The molecule has 22 heteroatoms. The summed E-state index contributed by atoms with van der Waals surface area (Å²) < 4.78 is 23.8. The number of pyridine rings is 1. The highest BCUT2D eigenvalue weighted by Gasteiger charge is 2.45. The first-order valence-electron chi connectivity index (χ1n) is 18.4. The molecule has 7 amide bonds. The van der Waals surface area contributed by atoms with E-state index in [4.69, 9.17) is 42.1 Å². The summed E-state index contributed by atoms with van der Waals surface area (Å²) in [7, 11) is 1.52. The minimum atomic E-state index is -1.05. The van der Waals surface area contributed by atoms with Gasteiger partial charge in [-0.25, -0.2) is 19.3 Å². The molecule has 3 aromatic heterocycles. The molecule has 0 saturated carbocycles. The lowest BCUT2D eigenvalue weighted by molar-refractivity contribution is -0.136. The Morgan fingerprint density at radius 1 is 0.932 bits per heavy atom. The van der Waals surface area contributed by atoms with Crippen LogP contribution >= 0.6 is 23.2 Å². The van der Waals surface area contributed by atoms with E-state index in [1.807, 2.05) is 0 Å². The highest BCUT2D eigenvalue weighted by molar-refractivity contribution is 6.31. The molecule has 0 aliphatic carbocycles. The Morgan fingerprint density at radius 2 is 1.71 bits per heavy atom. The minimum Gasteiger partial charge on any atom is -0.474 e. The molecule has 0 bridgehead atoms. The maximum Gasteiger partial charge on any atom is 0.323 e. The molecular formula is C37H40Cl2N10O10. The Kier molecular flexibility index (Phi) is 14.2. The number of carbonyl (C=O) groups excluding carboxylic acids is 6. The summed E-state index contributed by atoms with van der Waals surface area (Å²) in [5.41, 5.74) is 2.25. The molecule has 5 heterocycles. The van der Waals surface area contributed by atoms with Crippen LogP contribution in [0.1, 0.15) is 58.7 Å². The lowest BCUT2D eigenvalue weighted by Gasteiger charge is -2.27. The average molecular weight is 856 g/mol. The summed E-state index contributed by atoms with van der Waals surface area (Å²) in [6, 6.07) is 6.16. The number of piperidine rings is 1. The molecule has 0 spiro atoms. The molecule has 1 unspecified atom stereocenters. The van der Waals surface area contributed by atoms with Crippen molar-refractivity contribution >= 4 is 81.5 Å². The number of fused-ring (bicyclic) bond motifs is 2. The quantitative estimate of drug-likeness (QED) is 0.0672. The van der Waals surface area contributed by atoms with Crippen LogP contribution in [0.2, 0.25) is 10.2 Å². The van der Waals surface area contributed by atoms with Crippen molar-refractivity contribution in [2.75, 3.05) is 69.2 Å². The van der Waals surface area contributed by atoms with E-state index in [-0.39, 0.29) is 97.6 Å². The molecule has 6 rings (SSSR count). The van der Waals surface area contributed by atoms with E-state index >= 15 is 0 Å². The zero-order valence-electron chi connectivity index (χ0n) is 31.8. The third-order valence-corrected chi connectivity index (χ3v) is 9.47. The number of halogens is 2. The number of anilines is 3. The number of hydrogen-bond acceptors (Lipinski definition) is 14. The van der Waals surface area contributed by atoms with Crippen LogP contribution in [-0.2, 0) is 28.6 Å². The van der Waals surface area contributed by atoms with E-state index in [9.17, 15) is 28.8 Å². The molecule has 2 atom stereocenters. The predicted molar refractivity (Wildman–Crippen MR) is 212 cm³/mol. The highest BCUT2D eigenvalue weighted by atomic mass is 35.5. The van der Waals surface area contributed by atoms with Gasteiger partial charge in [0.15, 0.2) is 10.8 Å². The van der Waals surface area contributed by atoms with Crippen molar-refractivity contribution in [1.29, 1.82) is 0 Å². The average Bonchev–Trinajstić information content (AvgIpc) is 3.71. The molecule has 2 aliphatic rings. The Labute approximate surface area is 346 Å². The first kappa shape index (κ1) is 42.7. The molecule has 1 saturated heterocycles. The van der Waals surface area contributed by atoms with Crippen LogP contribution < -0.4 is 31.3 Å². The second-order valence-electron chi connectivity index (χ2n) is 13.0. The van der Waals surface area contributed by atoms with Crippen LogP contribution in [-0.4, -0.2) is 119 Å². The SMILES string of the molecule is CO[C@@H](C)c1c(NC(=O)Nc2cc(Cl)cnc2OCCNC(=O)CCOCCOCCNc2cccc3c2C(=O)N(C2CCC(=O)NC2=O)C3=O)cnc2cc(Cl)nn12. The predicted octanol–water partition coefficient (Wildman–Crippen LogP) is 3.21. The molecule has 5 N–H and O–H groups in total. The minimum absolute atomic E-state index is 0.0316. The zero-order valence-corrected chi connectivity index (χ0v) is 33.4. The van der Waals surface area contributed by atoms with Gasteiger partial charge in [0.2, 0.25) is 23.6 Å². The van der Waals surface area contributed by atoms with Gasteiger partial charge < -0.3 is 40.2 Å². The van der Waals surface area contributed by atoms with E-state index in [0.29, 0.717) is 29.3 Å². The number of hydrogen-bond donors (Lipinski definition) is 5. The monoisotopic (exact) mass is 854 g/mol. The lowest BCUT2D eigenvalue weighted by Crippen LogP contribution is -2.54. The molecule has 2 aliphatic heterocycles. The van der Waals surface area contributed by atoms with Crippen LogP contribution in [0.25, 0.3) is 5.65 Å². The molecule has 1 aromatic carbocycles. The normalized spacial score (nSPS) is 15.5. The Hall–Kier alpha value is -5.93. The first-order chi connectivity index (χ1) is 28.4. The van der Waals surface area contributed by atoms with Crippen LogP contribution in [0, 0.1) is 0 Å². The van der Waals surface area contributed by atoms with Crippen LogP contribution in [0.5, 0.6) is 5.88 Å². The fourth-order valence-electron chi connectivity index (χ4n) is 6.26. The number of amides is 7. The second kappa shape index (κ2) is 19.7. The van der Waals surface area contributed by atoms with E-state index in [1.165, 1.54) is 36.2 Å². The summed E-state index contributed by atoms with van der Waals surface area (Å²) in [5, 5.41) is 18.1. The molecule has 59 heavy (non-hydrogen) atoms. The molecule has 1 fully saturated rings. The van der Waals surface area contributed by atoms with E-state index in [1.54, 1.807) is 25.1 Å². The zero-order chi connectivity index (χ0) is 42.1. The van der Waals surface area contributed by atoms with Crippen LogP contribution in [0.15, 0.2) is 42.7 Å². The van der Waals surface area contributed by atoms with Gasteiger partial charge in [-0.05, 0) is 31.5 Å². The summed E-state index contributed by atoms with van der Waals surface area (Å²) in [5.74, 6) is -2.50. The Balaban J connectivity index is 0.858. The number of nitrogens with one attached hydrogen (secondary N) is 5. The Morgan fingerprint density at radius 3 is 2.49 bits per heavy atom. The van der Waals surface area contributed by atoms with Gasteiger partial charge in [0.25, 0.3) is 11.8 Å². The van der Waals surface area contributed by atoms with Gasteiger partial charge in [-0.15, -0.1) is 0 Å². The summed E-state index contributed by atoms with van der Waals surface area (Å²) in [4.78, 5) is 84.9. The first-order valence-corrected chi connectivity index (χ1v) is 19.1. The van der Waals surface area contributed by atoms with Crippen molar-refractivity contribution in [3.8, 4) is 5.88 Å². The molecular weight excluding hydrogens is 815 g/mol. The number of urea groups is 1. The summed E-state index contributed by atoms with van der Waals surface area (Å²) >= 11 is 12.2. The maximum atomic E-state index is 13.2. The number of ether oxygens (including phenoxy) is 4. The number of carbonyl (C=O) groups is 6. The third-order valence-electron chi connectivity index (χ3n) is 9.08. The van der Waals surface area contributed by atoms with E-state index < -0.39 is 41.8 Å². The van der Waals surface area contributed by atoms with Gasteiger partial charge in [0.1, 0.15) is 18.3 Å². The maximum absolute atomic E-state index is 13.2. The smallest absolute Gasteiger partial charge is 0.323 e. The van der Waals surface area contributed by atoms with Gasteiger partial charge >= 0.3 is 6.03 Å². The number of rotatable bonds is 19. The van der Waals surface area contributed by atoms with Gasteiger partial charge in [-0.1, -0.05) is 29.3 Å². The van der Waals surface area contributed by atoms with Crippen LogP contribution in [0.3, 0.4) is 0 Å². The summed E-state index contributed by atoms with van der Waals surface area (Å²) in [6.45, 7) is 3.13. The Bertz CT molecular complexity index is 2260. The number of imide groups is 2. The van der Waals surface area contributed by atoms with Crippen LogP contribution in [0.4, 0.5) is 21.9 Å². The van der Waals surface area contributed by atoms with Crippen molar-refractivity contribution in [2.24, 2.45) is 0 Å². The van der Waals surface area contributed by atoms with Crippen molar-refractivity contribution in [1.82, 2.24) is 35.1 Å². The molecule has 0 radical (unpaired) electrons. The van der Waals surface area contributed by atoms with Gasteiger partial charge in [0, 0.05) is 44.4 Å². The van der Waals surface area contributed by atoms with E-state index in [2.05, 4.69) is 41.7 Å². The highest BCUT2D eigenvalue weighted by Crippen LogP contribution is 2.33. The van der Waals surface area contributed by atoms with Gasteiger partial charge in [-0.3, -0.25) is 34.2 Å².